The number of halogens is 2. The summed E-state index contributed by atoms with van der Waals surface area (Å²) in [7, 11) is 0. The molecule has 0 aromatic heterocycles. The van der Waals surface area contributed by atoms with E-state index < -0.39 is 0 Å². The summed E-state index contributed by atoms with van der Waals surface area (Å²) in [5.74, 6) is 0. The van der Waals surface area contributed by atoms with Crippen molar-refractivity contribution in [2.75, 3.05) is 13.1 Å². The molecule has 1 saturated heterocycles. The second kappa shape index (κ2) is 6.45. The van der Waals surface area contributed by atoms with Gasteiger partial charge in [-0.3, -0.25) is 4.90 Å². The van der Waals surface area contributed by atoms with Gasteiger partial charge in [-0.15, -0.1) is 0 Å². The van der Waals surface area contributed by atoms with Crippen LogP contribution in [0.2, 0.25) is 10.0 Å². The Hall–Kier alpha value is -0.280. The molecule has 2 fully saturated rings. The first-order valence-corrected chi connectivity index (χ1v) is 8.77. The summed E-state index contributed by atoms with van der Waals surface area (Å²) in [5, 5.41) is 5.39. The van der Waals surface area contributed by atoms with Gasteiger partial charge < -0.3 is 5.32 Å². The lowest BCUT2D eigenvalue weighted by Gasteiger charge is -2.49. The van der Waals surface area contributed by atoms with Crippen molar-refractivity contribution in [3.63, 3.8) is 0 Å². The molecule has 4 heteroatoms. The van der Waals surface area contributed by atoms with Gasteiger partial charge in [-0.25, -0.2) is 0 Å². The van der Waals surface area contributed by atoms with Crippen LogP contribution in [0.4, 0.5) is 0 Å². The second-order valence-electron chi connectivity index (χ2n) is 6.68. The van der Waals surface area contributed by atoms with E-state index in [1.807, 2.05) is 18.2 Å². The van der Waals surface area contributed by atoms with Crippen molar-refractivity contribution in [2.45, 2.75) is 57.2 Å². The summed E-state index contributed by atoms with van der Waals surface area (Å²) in [6.07, 6.45) is 6.68. The Morgan fingerprint density at radius 3 is 2.52 bits per heavy atom. The maximum absolute atomic E-state index is 6.35. The Morgan fingerprint density at radius 2 is 1.86 bits per heavy atom. The fourth-order valence-electron chi connectivity index (χ4n) is 3.76. The van der Waals surface area contributed by atoms with Crippen molar-refractivity contribution in [3.05, 3.63) is 33.8 Å². The summed E-state index contributed by atoms with van der Waals surface area (Å²) in [5.41, 5.74) is 1.39. The lowest BCUT2D eigenvalue weighted by molar-refractivity contribution is 0.0573. The number of nitrogens with one attached hydrogen (secondary N) is 1. The molecule has 21 heavy (non-hydrogen) atoms. The van der Waals surface area contributed by atoms with E-state index >= 15 is 0 Å². The molecule has 1 heterocycles. The molecule has 116 valence electrons. The maximum Gasteiger partial charge on any atom is 0.0465 e. The molecular formula is C17H24Cl2N2. The lowest BCUT2D eigenvalue weighted by Crippen LogP contribution is -2.63. The van der Waals surface area contributed by atoms with Crippen molar-refractivity contribution in [3.8, 4) is 0 Å². The molecule has 1 aliphatic carbocycles. The molecule has 2 nitrogen and oxygen atoms in total. The van der Waals surface area contributed by atoms with Crippen LogP contribution < -0.4 is 5.32 Å². The number of nitrogens with zero attached hydrogens (tertiary/aromatic N) is 1. The van der Waals surface area contributed by atoms with Gasteiger partial charge in [0.1, 0.15) is 0 Å². The quantitative estimate of drug-likeness (QED) is 0.861. The Kier molecular flexibility index (Phi) is 4.80. The molecule has 1 aromatic carbocycles. The molecule has 1 unspecified atom stereocenters. The van der Waals surface area contributed by atoms with Gasteiger partial charge in [-0.2, -0.15) is 0 Å². The molecule has 1 aromatic rings. The first-order valence-electron chi connectivity index (χ1n) is 8.02. The third-order valence-electron chi connectivity index (χ3n) is 5.14. The van der Waals surface area contributed by atoms with Crippen molar-refractivity contribution in [2.24, 2.45) is 0 Å². The zero-order valence-corrected chi connectivity index (χ0v) is 14.2. The van der Waals surface area contributed by atoms with Crippen LogP contribution in [0, 0.1) is 0 Å². The van der Waals surface area contributed by atoms with Gasteiger partial charge in [0.2, 0.25) is 0 Å². The monoisotopic (exact) mass is 326 g/mol. The van der Waals surface area contributed by atoms with Crippen LogP contribution >= 0.6 is 23.2 Å². The van der Waals surface area contributed by atoms with Crippen LogP contribution in [-0.2, 0) is 6.54 Å². The van der Waals surface area contributed by atoms with Gasteiger partial charge in [0.05, 0.1) is 0 Å². The van der Waals surface area contributed by atoms with E-state index in [2.05, 4.69) is 17.1 Å². The van der Waals surface area contributed by atoms with Gasteiger partial charge in [-0.1, -0.05) is 48.5 Å². The van der Waals surface area contributed by atoms with Crippen LogP contribution in [0.15, 0.2) is 18.2 Å². The normalized spacial score (nSPS) is 26.1. The summed E-state index contributed by atoms with van der Waals surface area (Å²) in [6.45, 7) is 5.30. The minimum absolute atomic E-state index is 0.318. The Morgan fingerprint density at radius 1 is 1.19 bits per heavy atom. The van der Waals surface area contributed by atoms with Gasteiger partial charge in [-0.05, 0) is 31.9 Å². The van der Waals surface area contributed by atoms with Crippen LogP contribution in [0.5, 0.6) is 0 Å². The third-order valence-corrected chi connectivity index (χ3v) is 5.84. The van der Waals surface area contributed by atoms with Gasteiger partial charge in [0.25, 0.3) is 0 Å². The number of benzene rings is 1. The number of hydrogen-bond donors (Lipinski definition) is 1. The first kappa shape index (κ1) is 15.6. The van der Waals surface area contributed by atoms with Crippen molar-refractivity contribution in [1.29, 1.82) is 0 Å². The average Bonchev–Trinajstić information content (AvgIpc) is 2.48. The van der Waals surface area contributed by atoms with Gasteiger partial charge in [0.15, 0.2) is 0 Å². The van der Waals surface area contributed by atoms with E-state index in [0.29, 0.717) is 11.6 Å². The minimum Gasteiger partial charge on any atom is -0.308 e. The van der Waals surface area contributed by atoms with E-state index in [0.717, 1.165) is 35.2 Å². The van der Waals surface area contributed by atoms with Crippen LogP contribution in [0.1, 0.15) is 44.6 Å². The molecule has 1 spiro atoms. The highest BCUT2D eigenvalue weighted by atomic mass is 35.5. The summed E-state index contributed by atoms with van der Waals surface area (Å²) >= 11 is 12.7. The summed E-state index contributed by atoms with van der Waals surface area (Å²) < 4.78 is 0. The number of piperazine rings is 1. The largest absolute Gasteiger partial charge is 0.308 e. The van der Waals surface area contributed by atoms with E-state index in [4.69, 9.17) is 23.2 Å². The smallest absolute Gasteiger partial charge is 0.0465 e. The predicted octanol–water partition coefficient (Wildman–Crippen LogP) is 4.49. The average molecular weight is 327 g/mol. The molecule has 2 aliphatic rings. The highest BCUT2D eigenvalue weighted by molar-refractivity contribution is 6.35. The summed E-state index contributed by atoms with van der Waals surface area (Å²) in [4.78, 5) is 2.55. The van der Waals surface area contributed by atoms with E-state index in [9.17, 15) is 0 Å². The lowest BCUT2D eigenvalue weighted by atomic mass is 9.79. The highest BCUT2D eigenvalue weighted by Gasteiger charge is 2.38. The highest BCUT2D eigenvalue weighted by Crippen LogP contribution is 2.34. The van der Waals surface area contributed by atoms with Crippen LogP contribution in [0.25, 0.3) is 0 Å². The molecule has 0 bridgehead atoms. The van der Waals surface area contributed by atoms with E-state index in [-0.39, 0.29) is 0 Å². The van der Waals surface area contributed by atoms with E-state index in [1.165, 1.54) is 32.1 Å². The Bertz CT molecular complexity index is 477. The van der Waals surface area contributed by atoms with Crippen molar-refractivity contribution < 1.29 is 0 Å². The maximum atomic E-state index is 6.35. The molecule has 0 amide bonds. The second-order valence-corrected chi connectivity index (χ2v) is 7.49. The Labute approximate surface area is 137 Å². The third kappa shape index (κ3) is 3.39. The predicted molar refractivity (Wildman–Crippen MR) is 90.2 cm³/mol. The van der Waals surface area contributed by atoms with Gasteiger partial charge >= 0.3 is 0 Å². The summed E-state index contributed by atoms with van der Waals surface area (Å²) in [6, 6.07) is 6.31. The molecule has 1 atom stereocenters. The van der Waals surface area contributed by atoms with Crippen molar-refractivity contribution >= 4 is 23.2 Å². The fraction of sp³-hybridized carbons (Fsp3) is 0.647. The number of hydrogen-bond acceptors (Lipinski definition) is 2. The first-order chi connectivity index (χ1) is 10.1. The van der Waals surface area contributed by atoms with Crippen LogP contribution in [0.3, 0.4) is 0 Å². The zero-order chi connectivity index (χ0) is 14.9. The molecule has 1 N–H and O–H groups in total. The molecule has 1 aliphatic heterocycles. The molecule has 0 radical (unpaired) electrons. The molecule has 3 rings (SSSR count). The fourth-order valence-corrected chi connectivity index (χ4v) is 4.27. The van der Waals surface area contributed by atoms with Crippen LogP contribution in [-0.4, -0.2) is 29.6 Å². The topological polar surface area (TPSA) is 15.3 Å². The SMILES string of the molecule is CC1CNC2(CCCCC2)CN1Cc1c(Cl)cccc1Cl. The minimum atomic E-state index is 0.318. The molecular weight excluding hydrogens is 303 g/mol. The zero-order valence-electron chi connectivity index (χ0n) is 12.7. The van der Waals surface area contributed by atoms with Gasteiger partial charge in [0, 0.05) is 46.8 Å². The van der Waals surface area contributed by atoms with Crippen molar-refractivity contribution in [1.82, 2.24) is 10.2 Å². The van der Waals surface area contributed by atoms with E-state index in [1.54, 1.807) is 0 Å². The Balaban J connectivity index is 1.77. The molecule has 1 saturated carbocycles. The standard InChI is InChI=1S/C17H24Cl2N2/c1-13-10-20-17(8-3-2-4-9-17)12-21(13)11-14-15(18)6-5-7-16(14)19/h5-7,13,20H,2-4,8-12H2,1H3. The number of rotatable bonds is 2.